The Kier molecular flexibility index (Phi) is 5.20. The van der Waals surface area contributed by atoms with E-state index in [4.69, 9.17) is 0 Å². The van der Waals surface area contributed by atoms with Crippen molar-refractivity contribution in [1.29, 1.82) is 0 Å². The Bertz CT molecular complexity index is 1230. The van der Waals surface area contributed by atoms with Crippen LogP contribution in [-0.4, -0.2) is 30.4 Å². The maximum Gasteiger partial charge on any atom is 0.286 e. The quantitative estimate of drug-likeness (QED) is 0.524. The molecule has 1 unspecified atom stereocenters. The Labute approximate surface area is 180 Å². The number of amidine groups is 1. The number of carbonyl (C=O) groups is 1. The van der Waals surface area contributed by atoms with Crippen molar-refractivity contribution in [2.45, 2.75) is 37.1 Å². The van der Waals surface area contributed by atoms with E-state index in [1.807, 2.05) is 13.8 Å². The number of nitrogens with zero attached hydrogens (tertiary/aromatic N) is 1. The second-order valence-electron chi connectivity index (χ2n) is 8.08. The second kappa shape index (κ2) is 7.60. The largest absolute Gasteiger partial charge is 0.506 e. The van der Waals surface area contributed by atoms with E-state index in [0.717, 1.165) is 0 Å². The first-order valence-corrected chi connectivity index (χ1v) is 11.4. The fourth-order valence-electron chi connectivity index (χ4n) is 4.00. The van der Waals surface area contributed by atoms with Crippen LogP contribution in [0.2, 0.25) is 0 Å². The van der Waals surface area contributed by atoms with Crippen LogP contribution in [0.1, 0.15) is 37.8 Å². The summed E-state index contributed by atoms with van der Waals surface area (Å²) in [7, 11) is -4.09. The van der Waals surface area contributed by atoms with Crippen LogP contribution in [0.25, 0.3) is 5.76 Å². The molecule has 31 heavy (non-hydrogen) atoms. The number of hydrogen-bond donors (Lipinski definition) is 4. The molecule has 1 atom stereocenters. The molecule has 0 aromatic heterocycles. The summed E-state index contributed by atoms with van der Waals surface area (Å²) in [4.78, 5) is 13.7. The fraction of sp³-hybridized carbons (Fsp3) is 0.273. The van der Waals surface area contributed by atoms with Gasteiger partial charge in [-0.25, -0.2) is 0 Å². The van der Waals surface area contributed by atoms with Crippen molar-refractivity contribution >= 4 is 33.1 Å². The van der Waals surface area contributed by atoms with Crippen molar-refractivity contribution < 1.29 is 23.5 Å². The van der Waals surface area contributed by atoms with Gasteiger partial charge in [-0.1, -0.05) is 50.2 Å². The topological polar surface area (TPSA) is 128 Å². The summed E-state index contributed by atoms with van der Waals surface area (Å²) in [5, 5.41) is 24.0. The molecule has 0 spiro atoms. The number of benzene rings is 2. The normalized spacial score (nSPS) is 21.9. The number of fused-ring (bicyclic) bond motifs is 2. The van der Waals surface area contributed by atoms with E-state index in [9.17, 15) is 23.5 Å². The maximum atomic E-state index is 13.7. The number of hydrogen-bond acceptors (Lipinski definition) is 7. The number of anilines is 1. The van der Waals surface area contributed by atoms with E-state index in [0.29, 0.717) is 17.5 Å². The molecule has 0 radical (unpaired) electrons. The highest BCUT2D eigenvalue weighted by molar-refractivity contribution is 7.90. The molecule has 1 aliphatic carbocycles. The van der Waals surface area contributed by atoms with Crippen molar-refractivity contribution in [3.05, 3.63) is 65.2 Å². The van der Waals surface area contributed by atoms with Crippen molar-refractivity contribution in [2.75, 3.05) is 5.32 Å². The number of ketones is 1. The van der Waals surface area contributed by atoms with Gasteiger partial charge in [-0.2, -0.15) is 13.9 Å². The van der Waals surface area contributed by atoms with Crippen LogP contribution in [-0.2, 0) is 20.4 Å². The molecule has 8 nitrogen and oxygen atoms in total. The van der Waals surface area contributed by atoms with Gasteiger partial charge in [0.15, 0.2) is 11.6 Å². The lowest BCUT2D eigenvalue weighted by atomic mass is 9.71. The zero-order chi connectivity index (χ0) is 22.4. The van der Waals surface area contributed by atoms with E-state index in [2.05, 4.69) is 15.2 Å². The van der Waals surface area contributed by atoms with Crippen LogP contribution in [0.3, 0.4) is 0 Å². The van der Waals surface area contributed by atoms with Gasteiger partial charge in [0.25, 0.3) is 10.0 Å². The van der Waals surface area contributed by atoms with Crippen LogP contribution in [0.15, 0.2) is 63.4 Å². The predicted octanol–water partition coefficient (Wildman–Crippen LogP) is 3.36. The molecular formula is C22H23N3O5S. The van der Waals surface area contributed by atoms with Gasteiger partial charge in [-0.3, -0.25) is 4.79 Å². The number of aliphatic hydroxyl groups excluding tert-OH is 1. The van der Waals surface area contributed by atoms with Gasteiger partial charge in [-0.15, -0.1) is 4.40 Å². The van der Waals surface area contributed by atoms with Crippen LogP contribution in [0.4, 0.5) is 5.69 Å². The third kappa shape index (κ3) is 3.34. The van der Waals surface area contributed by atoms with Gasteiger partial charge in [-0.05, 0) is 36.5 Å². The smallest absolute Gasteiger partial charge is 0.286 e. The first-order chi connectivity index (χ1) is 14.7. The number of aliphatic hydroxyl groups is 1. The molecule has 4 rings (SSSR count). The summed E-state index contributed by atoms with van der Waals surface area (Å²) in [6, 6.07) is 12.9. The van der Waals surface area contributed by atoms with Crippen molar-refractivity contribution in [2.24, 2.45) is 10.3 Å². The molecule has 162 valence electrons. The molecule has 2 aromatic rings. The van der Waals surface area contributed by atoms with E-state index in [1.54, 1.807) is 42.5 Å². The number of carbonyl (C=O) groups excluding carboxylic acids is 1. The molecule has 0 saturated heterocycles. The molecule has 9 heteroatoms. The first kappa shape index (κ1) is 21.2. The van der Waals surface area contributed by atoms with E-state index < -0.39 is 27.1 Å². The number of sulfonamides is 1. The number of nitrogens with one attached hydrogen (secondary N) is 2. The third-order valence-corrected chi connectivity index (χ3v) is 6.98. The average Bonchev–Trinajstić information content (AvgIpc) is 2.74. The Morgan fingerprint density at radius 2 is 1.81 bits per heavy atom. The predicted molar refractivity (Wildman–Crippen MR) is 116 cm³/mol. The fourth-order valence-corrected chi connectivity index (χ4v) is 5.13. The van der Waals surface area contributed by atoms with E-state index >= 15 is 0 Å². The first-order valence-electron chi connectivity index (χ1n) is 9.92. The zero-order valence-electron chi connectivity index (χ0n) is 17.1. The van der Waals surface area contributed by atoms with Gasteiger partial charge in [0, 0.05) is 5.56 Å². The Hall–Kier alpha value is -3.01. The number of rotatable bonds is 5. The maximum absolute atomic E-state index is 13.7. The highest BCUT2D eigenvalue weighted by Crippen LogP contribution is 2.42. The summed E-state index contributed by atoms with van der Waals surface area (Å²) < 4.78 is 29.2. The molecular weight excluding hydrogens is 418 g/mol. The van der Waals surface area contributed by atoms with Crippen LogP contribution in [0.5, 0.6) is 0 Å². The summed E-state index contributed by atoms with van der Waals surface area (Å²) in [6.45, 7) is 3.99. The Morgan fingerprint density at radius 3 is 2.52 bits per heavy atom. The Balaban J connectivity index is 1.93. The van der Waals surface area contributed by atoms with Gasteiger partial charge >= 0.3 is 0 Å². The molecule has 0 fully saturated rings. The molecule has 1 heterocycles. The summed E-state index contributed by atoms with van der Waals surface area (Å²) in [6.07, 6.45) is 0.840. The number of Topliss-reactive ketones (excluding diaryl/α,β-unsaturated/α-hetero) is 1. The molecule has 2 aromatic carbocycles. The number of hydroxylamine groups is 1. The minimum atomic E-state index is -4.09. The zero-order valence-corrected chi connectivity index (χ0v) is 17.9. The van der Waals surface area contributed by atoms with Crippen molar-refractivity contribution in [3.63, 3.8) is 0 Å². The SMILES string of the molecule is CC(C)CCC1(NO)C(=O)C(C2=NS(=O)(=O)c3ccccc3N2)=C(O)c2ccccc21. The third-order valence-electron chi connectivity index (χ3n) is 5.65. The van der Waals surface area contributed by atoms with Gasteiger partial charge in [0.1, 0.15) is 21.8 Å². The Morgan fingerprint density at radius 1 is 1.13 bits per heavy atom. The minimum Gasteiger partial charge on any atom is -0.506 e. The lowest BCUT2D eigenvalue weighted by Gasteiger charge is -2.38. The lowest BCUT2D eigenvalue weighted by molar-refractivity contribution is -0.127. The van der Waals surface area contributed by atoms with Crippen molar-refractivity contribution in [1.82, 2.24) is 5.48 Å². The van der Waals surface area contributed by atoms with Gasteiger partial charge in [0.2, 0.25) is 0 Å². The second-order valence-corrected chi connectivity index (χ2v) is 9.66. The van der Waals surface area contributed by atoms with Crippen LogP contribution in [0, 0.1) is 5.92 Å². The summed E-state index contributed by atoms with van der Waals surface area (Å²) >= 11 is 0. The van der Waals surface area contributed by atoms with Gasteiger partial charge < -0.3 is 15.6 Å². The molecule has 0 saturated carbocycles. The molecule has 4 N–H and O–H groups in total. The van der Waals surface area contributed by atoms with Crippen molar-refractivity contribution in [3.8, 4) is 0 Å². The standard InChI is InChI=1S/C22H23N3O5S/c1-13(2)11-12-22(25-28)15-8-4-3-7-14(15)19(26)18(20(22)27)21-23-16-9-5-6-10-17(16)31(29,30)24-21/h3-10,13,25-26,28H,11-12H2,1-2H3,(H,23,24). The summed E-state index contributed by atoms with van der Waals surface area (Å²) in [5.41, 5.74) is 1.34. The molecule has 0 amide bonds. The lowest BCUT2D eigenvalue weighted by Crippen LogP contribution is -2.52. The van der Waals surface area contributed by atoms with Gasteiger partial charge in [0.05, 0.1) is 5.69 Å². The average molecular weight is 442 g/mol. The monoisotopic (exact) mass is 441 g/mol. The van der Waals surface area contributed by atoms with Crippen LogP contribution < -0.4 is 10.8 Å². The number of para-hydroxylation sites is 1. The summed E-state index contributed by atoms with van der Waals surface area (Å²) in [5.74, 6) is -1.09. The van der Waals surface area contributed by atoms with E-state index in [1.165, 1.54) is 6.07 Å². The molecule has 0 bridgehead atoms. The molecule has 2 aliphatic rings. The highest BCUT2D eigenvalue weighted by atomic mass is 32.2. The molecule has 1 aliphatic heterocycles. The van der Waals surface area contributed by atoms with E-state index in [-0.39, 0.29) is 34.3 Å². The van der Waals surface area contributed by atoms with Crippen LogP contribution >= 0.6 is 0 Å². The minimum absolute atomic E-state index is 0.0196. The highest BCUT2D eigenvalue weighted by Gasteiger charge is 2.49.